The lowest BCUT2D eigenvalue weighted by Crippen LogP contribution is -2.28. The third-order valence-electron chi connectivity index (χ3n) is 4.53. The van der Waals surface area contributed by atoms with Crippen molar-refractivity contribution < 1.29 is 5.11 Å². The Hall–Kier alpha value is -1.18. The molecule has 0 radical (unpaired) electrons. The van der Waals surface area contributed by atoms with Gasteiger partial charge in [0.15, 0.2) is 0 Å². The lowest BCUT2D eigenvalue weighted by Gasteiger charge is -2.37. The second kappa shape index (κ2) is 5.85. The first-order valence-corrected chi connectivity index (χ1v) is 7.48. The number of aromatic hydroxyl groups is 1. The highest BCUT2D eigenvalue weighted by atomic mass is 16.3. The number of hydrogen-bond acceptors (Lipinski definition) is 2. The van der Waals surface area contributed by atoms with Crippen LogP contribution in [-0.4, -0.2) is 11.7 Å². The molecule has 0 atom stereocenters. The molecule has 0 amide bonds. The van der Waals surface area contributed by atoms with Gasteiger partial charge in [-0.25, -0.2) is 0 Å². The summed E-state index contributed by atoms with van der Waals surface area (Å²) in [5.41, 5.74) is 1.57. The van der Waals surface area contributed by atoms with E-state index in [9.17, 15) is 5.11 Å². The summed E-state index contributed by atoms with van der Waals surface area (Å²) in [6, 6.07) is 7.35. The number of anilines is 1. The Morgan fingerprint density at radius 2 is 1.63 bits per heavy atom. The van der Waals surface area contributed by atoms with E-state index in [1.54, 1.807) is 12.1 Å². The Morgan fingerprint density at radius 3 is 2.16 bits per heavy atom. The molecular formula is C17H27NO. The largest absolute Gasteiger partial charge is 0.508 e. The van der Waals surface area contributed by atoms with E-state index in [0.717, 1.165) is 24.1 Å². The van der Waals surface area contributed by atoms with Crippen LogP contribution < -0.4 is 5.32 Å². The number of nitrogens with one attached hydrogen (secondary N) is 1. The van der Waals surface area contributed by atoms with Crippen LogP contribution in [0.1, 0.15) is 46.5 Å². The molecule has 1 aromatic carbocycles. The van der Waals surface area contributed by atoms with E-state index in [-0.39, 0.29) is 0 Å². The SMILES string of the molecule is CC(C)(C)C1CCC(CNc2ccc(O)cc2)CC1. The molecule has 1 saturated carbocycles. The molecular weight excluding hydrogens is 234 g/mol. The molecule has 1 aliphatic carbocycles. The van der Waals surface area contributed by atoms with Gasteiger partial charge in [0.2, 0.25) is 0 Å². The fourth-order valence-electron chi connectivity index (χ4n) is 3.07. The molecule has 0 unspecified atom stereocenters. The summed E-state index contributed by atoms with van der Waals surface area (Å²) in [6.45, 7) is 8.16. The quantitative estimate of drug-likeness (QED) is 0.776. The number of phenols is 1. The third-order valence-corrected chi connectivity index (χ3v) is 4.53. The average Bonchev–Trinajstić information content (AvgIpc) is 2.37. The van der Waals surface area contributed by atoms with Crippen LogP contribution in [-0.2, 0) is 0 Å². The highest BCUT2D eigenvalue weighted by Gasteiger charge is 2.29. The predicted octanol–water partition coefficient (Wildman–Crippen LogP) is 4.66. The summed E-state index contributed by atoms with van der Waals surface area (Å²) >= 11 is 0. The van der Waals surface area contributed by atoms with Gasteiger partial charge in [-0.1, -0.05) is 20.8 Å². The summed E-state index contributed by atoms with van der Waals surface area (Å²) in [4.78, 5) is 0. The van der Waals surface area contributed by atoms with Crippen LogP contribution in [0.5, 0.6) is 5.75 Å². The van der Waals surface area contributed by atoms with Crippen LogP contribution in [0.15, 0.2) is 24.3 Å². The predicted molar refractivity (Wildman–Crippen MR) is 81.5 cm³/mol. The molecule has 0 bridgehead atoms. The van der Waals surface area contributed by atoms with Crippen LogP contribution in [0.2, 0.25) is 0 Å². The van der Waals surface area contributed by atoms with Gasteiger partial charge in [-0.3, -0.25) is 0 Å². The van der Waals surface area contributed by atoms with Crippen molar-refractivity contribution in [3.63, 3.8) is 0 Å². The molecule has 2 nitrogen and oxygen atoms in total. The first kappa shape index (κ1) is 14.2. The summed E-state index contributed by atoms with van der Waals surface area (Å²) in [6.07, 6.45) is 5.41. The second-order valence-corrected chi connectivity index (χ2v) is 7.01. The Kier molecular flexibility index (Phi) is 4.38. The van der Waals surface area contributed by atoms with Crippen molar-refractivity contribution in [1.82, 2.24) is 0 Å². The molecule has 106 valence electrons. The van der Waals surface area contributed by atoms with E-state index >= 15 is 0 Å². The van der Waals surface area contributed by atoms with E-state index in [2.05, 4.69) is 26.1 Å². The van der Waals surface area contributed by atoms with Gasteiger partial charge in [-0.15, -0.1) is 0 Å². The maximum Gasteiger partial charge on any atom is 0.115 e. The molecule has 2 heteroatoms. The van der Waals surface area contributed by atoms with Gasteiger partial charge < -0.3 is 10.4 Å². The molecule has 0 saturated heterocycles. The molecule has 19 heavy (non-hydrogen) atoms. The van der Waals surface area contributed by atoms with Crippen LogP contribution in [0.4, 0.5) is 5.69 Å². The summed E-state index contributed by atoms with van der Waals surface area (Å²) in [7, 11) is 0. The Balaban J connectivity index is 1.75. The van der Waals surface area contributed by atoms with Gasteiger partial charge in [0.25, 0.3) is 0 Å². The third kappa shape index (κ3) is 4.15. The number of benzene rings is 1. The van der Waals surface area contributed by atoms with E-state index in [0.29, 0.717) is 11.2 Å². The number of rotatable bonds is 3. The lowest BCUT2D eigenvalue weighted by molar-refractivity contribution is 0.153. The zero-order chi connectivity index (χ0) is 13.9. The van der Waals surface area contributed by atoms with Crippen LogP contribution in [0.25, 0.3) is 0 Å². The van der Waals surface area contributed by atoms with Gasteiger partial charge in [-0.2, -0.15) is 0 Å². The Labute approximate surface area is 117 Å². The maximum absolute atomic E-state index is 9.25. The zero-order valence-electron chi connectivity index (χ0n) is 12.4. The van der Waals surface area contributed by atoms with Gasteiger partial charge in [0.05, 0.1) is 0 Å². The summed E-state index contributed by atoms with van der Waals surface area (Å²) in [5.74, 6) is 2.01. The highest BCUT2D eigenvalue weighted by Crippen LogP contribution is 2.39. The highest BCUT2D eigenvalue weighted by molar-refractivity contribution is 5.45. The van der Waals surface area contributed by atoms with Crippen LogP contribution >= 0.6 is 0 Å². The molecule has 1 aliphatic rings. The topological polar surface area (TPSA) is 32.3 Å². The minimum absolute atomic E-state index is 0.330. The normalized spacial score (nSPS) is 24.2. The molecule has 0 aromatic heterocycles. The molecule has 2 N–H and O–H groups in total. The first-order valence-electron chi connectivity index (χ1n) is 7.48. The monoisotopic (exact) mass is 261 g/mol. The first-order chi connectivity index (χ1) is 8.95. The fraction of sp³-hybridized carbons (Fsp3) is 0.647. The van der Waals surface area contributed by atoms with Crippen molar-refractivity contribution >= 4 is 5.69 Å². The molecule has 0 aliphatic heterocycles. The van der Waals surface area contributed by atoms with E-state index < -0.39 is 0 Å². The molecule has 0 heterocycles. The standard InChI is InChI=1S/C17H27NO/c1-17(2,3)14-6-4-13(5-7-14)12-18-15-8-10-16(19)11-9-15/h8-11,13-14,18-19H,4-7,12H2,1-3H3. The van der Waals surface area contributed by atoms with Gasteiger partial charge >= 0.3 is 0 Å². The van der Waals surface area contributed by atoms with E-state index in [1.807, 2.05) is 12.1 Å². The molecule has 1 aromatic rings. The van der Waals surface area contributed by atoms with Crippen LogP contribution in [0.3, 0.4) is 0 Å². The van der Waals surface area contributed by atoms with Crippen LogP contribution in [0, 0.1) is 17.3 Å². The minimum Gasteiger partial charge on any atom is -0.508 e. The Morgan fingerprint density at radius 1 is 1.05 bits per heavy atom. The molecule has 0 spiro atoms. The van der Waals surface area contributed by atoms with Gasteiger partial charge in [0.1, 0.15) is 5.75 Å². The minimum atomic E-state index is 0.330. The van der Waals surface area contributed by atoms with Crippen molar-refractivity contribution in [2.45, 2.75) is 46.5 Å². The average molecular weight is 261 g/mol. The van der Waals surface area contributed by atoms with Crippen molar-refractivity contribution in [2.24, 2.45) is 17.3 Å². The van der Waals surface area contributed by atoms with Crippen molar-refractivity contribution in [2.75, 3.05) is 11.9 Å². The molecule has 2 rings (SSSR count). The maximum atomic E-state index is 9.25. The number of phenolic OH excluding ortho intramolecular Hbond substituents is 1. The number of hydrogen-bond donors (Lipinski definition) is 2. The van der Waals surface area contributed by atoms with Gasteiger partial charge in [0, 0.05) is 12.2 Å². The van der Waals surface area contributed by atoms with E-state index in [4.69, 9.17) is 0 Å². The second-order valence-electron chi connectivity index (χ2n) is 7.01. The zero-order valence-corrected chi connectivity index (χ0v) is 12.4. The summed E-state index contributed by atoms with van der Waals surface area (Å²) < 4.78 is 0. The van der Waals surface area contributed by atoms with E-state index in [1.165, 1.54) is 25.7 Å². The smallest absolute Gasteiger partial charge is 0.115 e. The molecule has 1 fully saturated rings. The van der Waals surface area contributed by atoms with Gasteiger partial charge in [-0.05, 0) is 67.2 Å². The Bertz CT molecular complexity index is 383. The fourth-order valence-corrected chi connectivity index (χ4v) is 3.07. The lowest BCUT2D eigenvalue weighted by atomic mass is 9.70. The van der Waals surface area contributed by atoms with Crippen molar-refractivity contribution in [3.05, 3.63) is 24.3 Å². The van der Waals surface area contributed by atoms with Crippen molar-refractivity contribution in [3.8, 4) is 5.75 Å². The van der Waals surface area contributed by atoms with Crippen molar-refractivity contribution in [1.29, 1.82) is 0 Å². The summed E-state index contributed by atoms with van der Waals surface area (Å²) in [5, 5.41) is 12.7.